The van der Waals surface area contributed by atoms with E-state index in [1.54, 1.807) is 0 Å². The number of rotatable bonds is 5. The SMILES string of the molecule is CCc1cccc(OCC(=O)Nc2ccc(I)cc2C)c1. The maximum absolute atomic E-state index is 11.9. The summed E-state index contributed by atoms with van der Waals surface area (Å²) in [6.45, 7) is 4.08. The molecule has 0 radical (unpaired) electrons. The summed E-state index contributed by atoms with van der Waals surface area (Å²) in [5, 5.41) is 2.87. The lowest BCUT2D eigenvalue weighted by Gasteiger charge is -2.10. The number of benzene rings is 2. The highest BCUT2D eigenvalue weighted by molar-refractivity contribution is 14.1. The van der Waals surface area contributed by atoms with E-state index in [2.05, 4.69) is 34.8 Å². The lowest BCUT2D eigenvalue weighted by molar-refractivity contribution is -0.118. The van der Waals surface area contributed by atoms with E-state index in [-0.39, 0.29) is 12.5 Å². The second-order valence-electron chi connectivity index (χ2n) is 4.80. The van der Waals surface area contributed by atoms with Gasteiger partial charge in [-0.2, -0.15) is 0 Å². The molecule has 1 amide bonds. The molecule has 0 heterocycles. The summed E-state index contributed by atoms with van der Waals surface area (Å²) in [7, 11) is 0. The number of halogens is 1. The van der Waals surface area contributed by atoms with Crippen LogP contribution in [0.5, 0.6) is 5.75 Å². The van der Waals surface area contributed by atoms with Crippen molar-refractivity contribution in [3.8, 4) is 5.75 Å². The van der Waals surface area contributed by atoms with Crippen LogP contribution in [0, 0.1) is 10.5 Å². The molecule has 21 heavy (non-hydrogen) atoms. The molecule has 110 valence electrons. The Bertz CT molecular complexity index is 640. The molecule has 2 aromatic rings. The van der Waals surface area contributed by atoms with E-state index in [9.17, 15) is 4.79 Å². The largest absolute Gasteiger partial charge is 0.484 e. The summed E-state index contributed by atoms with van der Waals surface area (Å²) in [6, 6.07) is 13.7. The summed E-state index contributed by atoms with van der Waals surface area (Å²) in [6.07, 6.45) is 0.950. The maximum atomic E-state index is 11.9. The average molecular weight is 395 g/mol. The highest BCUT2D eigenvalue weighted by Gasteiger charge is 2.06. The van der Waals surface area contributed by atoms with E-state index < -0.39 is 0 Å². The number of carbonyl (C=O) groups excluding carboxylic acids is 1. The Morgan fingerprint density at radius 2 is 2.05 bits per heavy atom. The molecule has 0 aliphatic heterocycles. The fraction of sp³-hybridized carbons (Fsp3) is 0.235. The summed E-state index contributed by atoms with van der Waals surface area (Å²) >= 11 is 2.25. The molecule has 0 unspecified atom stereocenters. The van der Waals surface area contributed by atoms with Crippen LogP contribution in [0.1, 0.15) is 18.1 Å². The topological polar surface area (TPSA) is 38.3 Å². The number of ether oxygens (including phenoxy) is 1. The summed E-state index contributed by atoms with van der Waals surface area (Å²) in [5.74, 6) is 0.574. The Morgan fingerprint density at radius 3 is 2.76 bits per heavy atom. The summed E-state index contributed by atoms with van der Waals surface area (Å²) < 4.78 is 6.68. The van der Waals surface area contributed by atoms with Gasteiger partial charge in [0.1, 0.15) is 5.75 Å². The van der Waals surface area contributed by atoms with Crippen molar-refractivity contribution in [3.05, 3.63) is 57.2 Å². The quantitative estimate of drug-likeness (QED) is 0.772. The van der Waals surface area contributed by atoms with Crippen molar-refractivity contribution in [2.75, 3.05) is 11.9 Å². The van der Waals surface area contributed by atoms with Crippen LogP contribution in [0.4, 0.5) is 5.69 Å². The van der Waals surface area contributed by atoms with Crippen molar-refractivity contribution in [2.24, 2.45) is 0 Å². The van der Waals surface area contributed by atoms with Crippen molar-refractivity contribution < 1.29 is 9.53 Å². The fourth-order valence-electron chi connectivity index (χ4n) is 1.96. The first-order chi connectivity index (χ1) is 10.1. The number of amides is 1. The van der Waals surface area contributed by atoms with Crippen molar-refractivity contribution in [2.45, 2.75) is 20.3 Å². The molecule has 0 atom stereocenters. The van der Waals surface area contributed by atoms with Crippen LogP contribution < -0.4 is 10.1 Å². The Labute approximate surface area is 138 Å². The smallest absolute Gasteiger partial charge is 0.262 e. The first-order valence-corrected chi connectivity index (χ1v) is 7.94. The second kappa shape index (κ2) is 7.45. The van der Waals surface area contributed by atoms with Gasteiger partial charge in [0.25, 0.3) is 5.91 Å². The number of nitrogens with one attached hydrogen (secondary N) is 1. The van der Waals surface area contributed by atoms with Crippen molar-refractivity contribution in [1.82, 2.24) is 0 Å². The number of hydrogen-bond donors (Lipinski definition) is 1. The third-order valence-corrected chi connectivity index (χ3v) is 3.81. The molecule has 2 aromatic carbocycles. The molecular formula is C17H18INO2. The van der Waals surface area contributed by atoms with Crippen LogP contribution in [0.25, 0.3) is 0 Å². The molecule has 0 bridgehead atoms. The van der Waals surface area contributed by atoms with E-state index in [0.717, 1.165) is 27.0 Å². The Balaban J connectivity index is 1.92. The Hall–Kier alpha value is -1.56. The van der Waals surface area contributed by atoms with Crippen LogP contribution >= 0.6 is 22.6 Å². The number of aryl methyl sites for hydroxylation is 2. The molecule has 0 saturated carbocycles. The van der Waals surface area contributed by atoms with Crippen molar-refractivity contribution in [1.29, 1.82) is 0 Å². The lowest BCUT2D eigenvalue weighted by atomic mass is 10.2. The van der Waals surface area contributed by atoms with Crippen LogP contribution in [0.2, 0.25) is 0 Å². The molecular weight excluding hydrogens is 377 g/mol. The first kappa shape index (κ1) is 15.8. The molecule has 0 aliphatic carbocycles. The predicted octanol–water partition coefficient (Wildman–Crippen LogP) is 4.18. The van der Waals surface area contributed by atoms with E-state index in [0.29, 0.717) is 0 Å². The summed E-state index contributed by atoms with van der Waals surface area (Å²) in [5.41, 5.74) is 3.07. The van der Waals surface area contributed by atoms with Crippen LogP contribution in [0.3, 0.4) is 0 Å². The van der Waals surface area contributed by atoms with Crippen molar-refractivity contribution >= 4 is 34.2 Å². The maximum Gasteiger partial charge on any atom is 0.262 e. The standard InChI is InChI=1S/C17H18INO2/c1-3-13-5-4-6-15(10-13)21-11-17(20)19-16-8-7-14(18)9-12(16)2/h4-10H,3,11H2,1-2H3,(H,19,20). The van der Waals surface area contributed by atoms with Gasteiger partial charge in [-0.15, -0.1) is 0 Å². The van der Waals surface area contributed by atoms with Crippen molar-refractivity contribution in [3.63, 3.8) is 0 Å². The molecule has 3 nitrogen and oxygen atoms in total. The average Bonchev–Trinajstić information content (AvgIpc) is 2.48. The second-order valence-corrected chi connectivity index (χ2v) is 6.04. The van der Waals surface area contributed by atoms with Crippen LogP contribution in [-0.2, 0) is 11.2 Å². The van der Waals surface area contributed by atoms with Gasteiger partial charge in [-0.1, -0.05) is 19.1 Å². The van der Waals surface area contributed by atoms with Gasteiger partial charge >= 0.3 is 0 Å². The highest BCUT2D eigenvalue weighted by atomic mass is 127. The van der Waals surface area contributed by atoms with Gasteiger partial charge in [-0.05, 0) is 77.4 Å². The number of hydrogen-bond acceptors (Lipinski definition) is 2. The van der Waals surface area contributed by atoms with Gasteiger partial charge in [0.05, 0.1) is 0 Å². The molecule has 0 spiro atoms. The van der Waals surface area contributed by atoms with E-state index in [1.807, 2.05) is 49.4 Å². The molecule has 0 fully saturated rings. The molecule has 4 heteroatoms. The first-order valence-electron chi connectivity index (χ1n) is 6.86. The van der Waals surface area contributed by atoms with Gasteiger partial charge in [0.15, 0.2) is 6.61 Å². The Morgan fingerprint density at radius 1 is 1.24 bits per heavy atom. The lowest BCUT2D eigenvalue weighted by Crippen LogP contribution is -2.20. The minimum atomic E-state index is -0.152. The van der Waals surface area contributed by atoms with E-state index in [4.69, 9.17) is 4.74 Å². The number of carbonyl (C=O) groups is 1. The zero-order valence-electron chi connectivity index (χ0n) is 12.2. The minimum absolute atomic E-state index is 0.0125. The normalized spacial score (nSPS) is 10.2. The van der Waals surface area contributed by atoms with E-state index in [1.165, 1.54) is 5.56 Å². The third kappa shape index (κ3) is 4.74. The summed E-state index contributed by atoms with van der Waals surface area (Å²) in [4.78, 5) is 11.9. The highest BCUT2D eigenvalue weighted by Crippen LogP contribution is 2.18. The molecule has 0 aliphatic rings. The van der Waals surface area contributed by atoms with Gasteiger partial charge < -0.3 is 10.1 Å². The van der Waals surface area contributed by atoms with Gasteiger partial charge in [0.2, 0.25) is 0 Å². The minimum Gasteiger partial charge on any atom is -0.484 e. The zero-order valence-corrected chi connectivity index (χ0v) is 14.3. The van der Waals surface area contributed by atoms with E-state index >= 15 is 0 Å². The molecule has 1 N–H and O–H groups in total. The third-order valence-electron chi connectivity index (χ3n) is 3.14. The van der Waals surface area contributed by atoms with Gasteiger partial charge in [-0.3, -0.25) is 4.79 Å². The monoisotopic (exact) mass is 395 g/mol. The van der Waals surface area contributed by atoms with Gasteiger partial charge in [0, 0.05) is 9.26 Å². The van der Waals surface area contributed by atoms with Crippen LogP contribution in [-0.4, -0.2) is 12.5 Å². The fourth-order valence-corrected chi connectivity index (χ4v) is 2.60. The van der Waals surface area contributed by atoms with Crippen LogP contribution in [0.15, 0.2) is 42.5 Å². The Kier molecular flexibility index (Phi) is 5.61. The molecule has 2 rings (SSSR count). The predicted molar refractivity (Wildman–Crippen MR) is 93.8 cm³/mol. The molecule has 0 saturated heterocycles. The van der Waals surface area contributed by atoms with Gasteiger partial charge in [-0.25, -0.2) is 0 Å². The number of anilines is 1. The zero-order chi connectivity index (χ0) is 15.2. The molecule has 0 aromatic heterocycles.